The molecular formula is C22H35N3O4. The fourth-order valence-corrected chi connectivity index (χ4v) is 3.51. The number of alkyl carbamates (subject to hydrolysis) is 1. The van der Waals surface area contributed by atoms with E-state index in [2.05, 4.69) is 10.2 Å². The molecule has 2 atom stereocenters. The first-order valence-corrected chi connectivity index (χ1v) is 10.2. The van der Waals surface area contributed by atoms with E-state index in [1.165, 1.54) is 0 Å². The number of nitrogens with zero attached hydrogens (tertiary/aromatic N) is 2. The normalized spacial score (nSPS) is 18.2. The second-order valence-corrected chi connectivity index (χ2v) is 8.78. The van der Waals surface area contributed by atoms with Crippen LogP contribution in [0.5, 0.6) is 5.75 Å². The monoisotopic (exact) mass is 405 g/mol. The van der Waals surface area contributed by atoms with E-state index < -0.39 is 11.7 Å². The fourth-order valence-electron chi connectivity index (χ4n) is 3.51. The van der Waals surface area contributed by atoms with Gasteiger partial charge < -0.3 is 19.7 Å². The Morgan fingerprint density at radius 3 is 2.66 bits per heavy atom. The van der Waals surface area contributed by atoms with Crippen LogP contribution in [-0.4, -0.2) is 67.2 Å². The molecule has 1 N–H and O–H groups in total. The summed E-state index contributed by atoms with van der Waals surface area (Å²) in [6.07, 6.45) is 0.552. The number of hydrogen-bond donors (Lipinski definition) is 1. The van der Waals surface area contributed by atoms with Gasteiger partial charge in [0.15, 0.2) is 0 Å². The van der Waals surface area contributed by atoms with Crippen molar-refractivity contribution in [2.24, 2.45) is 5.92 Å². The molecule has 0 bridgehead atoms. The van der Waals surface area contributed by atoms with Gasteiger partial charge >= 0.3 is 6.09 Å². The lowest BCUT2D eigenvalue weighted by Gasteiger charge is -2.25. The fraction of sp³-hybridized carbons (Fsp3) is 0.636. The Kier molecular flexibility index (Phi) is 7.90. The van der Waals surface area contributed by atoms with Crippen LogP contribution in [0.25, 0.3) is 0 Å². The Morgan fingerprint density at radius 1 is 1.31 bits per heavy atom. The third-order valence-electron chi connectivity index (χ3n) is 5.14. The van der Waals surface area contributed by atoms with Crippen LogP contribution in [-0.2, 0) is 16.1 Å². The second-order valence-electron chi connectivity index (χ2n) is 8.78. The van der Waals surface area contributed by atoms with Crippen LogP contribution < -0.4 is 10.1 Å². The summed E-state index contributed by atoms with van der Waals surface area (Å²) in [5.74, 6) is 1.16. The molecular weight excluding hydrogens is 370 g/mol. The largest absolute Gasteiger partial charge is 0.496 e. The summed E-state index contributed by atoms with van der Waals surface area (Å²) in [5.41, 5.74) is 0.476. The number of amides is 2. The van der Waals surface area contributed by atoms with E-state index in [4.69, 9.17) is 9.47 Å². The van der Waals surface area contributed by atoms with Crippen LogP contribution in [0, 0.1) is 5.92 Å². The Bertz CT molecular complexity index is 702. The molecule has 2 rings (SSSR count). The molecule has 162 valence electrons. The van der Waals surface area contributed by atoms with E-state index in [-0.39, 0.29) is 11.9 Å². The predicted octanol–water partition coefficient (Wildman–Crippen LogP) is 2.89. The highest BCUT2D eigenvalue weighted by Gasteiger charge is 2.30. The van der Waals surface area contributed by atoms with Crippen LogP contribution in [0.4, 0.5) is 4.79 Å². The van der Waals surface area contributed by atoms with Gasteiger partial charge in [-0.25, -0.2) is 4.79 Å². The van der Waals surface area contributed by atoms with Crippen molar-refractivity contribution in [3.05, 3.63) is 29.8 Å². The molecule has 1 aliphatic heterocycles. The highest BCUT2D eigenvalue weighted by Crippen LogP contribution is 2.21. The number of benzene rings is 1. The maximum Gasteiger partial charge on any atom is 0.407 e. The quantitative estimate of drug-likeness (QED) is 0.755. The van der Waals surface area contributed by atoms with E-state index in [0.717, 1.165) is 30.8 Å². The van der Waals surface area contributed by atoms with E-state index in [1.54, 1.807) is 12.0 Å². The molecule has 29 heavy (non-hydrogen) atoms. The zero-order valence-electron chi connectivity index (χ0n) is 18.5. The number of hydrogen-bond acceptors (Lipinski definition) is 5. The summed E-state index contributed by atoms with van der Waals surface area (Å²) < 4.78 is 10.7. The van der Waals surface area contributed by atoms with Crippen LogP contribution in [0.2, 0.25) is 0 Å². The van der Waals surface area contributed by atoms with Gasteiger partial charge in [-0.05, 0) is 52.6 Å². The number of methoxy groups -OCH3 is 1. The molecule has 2 amide bonds. The molecule has 1 aromatic rings. The van der Waals surface area contributed by atoms with Crippen molar-refractivity contribution in [1.82, 2.24) is 15.1 Å². The maximum absolute atomic E-state index is 12.7. The molecule has 0 aromatic heterocycles. The van der Waals surface area contributed by atoms with E-state index in [0.29, 0.717) is 19.0 Å². The van der Waals surface area contributed by atoms with Gasteiger partial charge in [0.2, 0.25) is 5.91 Å². The molecule has 1 heterocycles. The van der Waals surface area contributed by atoms with Gasteiger partial charge in [-0.1, -0.05) is 18.2 Å². The lowest BCUT2D eigenvalue weighted by molar-refractivity contribution is -0.131. The zero-order chi connectivity index (χ0) is 21.6. The number of ether oxygens (including phenoxy) is 2. The smallest absolute Gasteiger partial charge is 0.407 e. The first kappa shape index (κ1) is 23.0. The molecule has 0 aliphatic carbocycles. The third-order valence-corrected chi connectivity index (χ3v) is 5.14. The molecule has 0 spiro atoms. The highest BCUT2D eigenvalue weighted by molar-refractivity contribution is 5.78. The number of nitrogens with one attached hydrogen (secondary N) is 1. The van der Waals surface area contributed by atoms with Crippen LogP contribution in [0.1, 0.15) is 39.7 Å². The molecule has 0 saturated carbocycles. The zero-order valence-corrected chi connectivity index (χ0v) is 18.5. The standard InChI is InChI=1S/C22H35N3O4/c1-16(23-21(27)29-22(2,3)4)17-11-12-25(14-17)15-20(26)24(5)13-18-9-7-8-10-19(18)28-6/h7-10,16-17H,11-15H2,1-6H3,(H,23,27)/t16-,17-/m1/s1. The Morgan fingerprint density at radius 2 is 2.00 bits per heavy atom. The topological polar surface area (TPSA) is 71.1 Å². The summed E-state index contributed by atoms with van der Waals surface area (Å²) in [5, 5.41) is 2.92. The highest BCUT2D eigenvalue weighted by atomic mass is 16.6. The van der Waals surface area contributed by atoms with Crippen molar-refractivity contribution >= 4 is 12.0 Å². The van der Waals surface area contributed by atoms with Crippen LogP contribution in [0.15, 0.2) is 24.3 Å². The number of likely N-dealkylation sites (tertiary alicyclic amines) is 1. The second kappa shape index (κ2) is 9.96. The Labute approximate surface area is 174 Å². The van der Waals surface area contributed by atoms with E-state index in [1.807, 2.05) is 59.0 Å². The number of rotatable bonds is 7. The Balaban J connectivity index is 1.81. The summed E-state index contributed by atoms with van der Waals surface area (Å²) in [4.78, 5) is 28.5. The van der Waals surface area contributed by atoms with Crippen LogP contribution in [0.3, 0.4) is 0 Å². The minimum absolute atomic E-state index is 0.00346. The maximum atomic E-state index is 12.7. The Hall–Kier alpha value is -2.28. The van der Waals surface area contributed by atoms with Gasteiger partial charge in [0.25, 0.3) is 0 Å². The lowest BCUT2D eigenvalue weighted by Crippen LogP contribution is -2.43. The van der Waals surface area contributed by atoms with Crippen molar-refractivity contribution in [1.29, 1.82) is 0 Å². The van der Waals surface area contributed by atoms with E-state index >= 15 is 0 Å². The van der Waals surface area contributed by atoms with E-state index in [9.17, 15) is 9.59 Å². The van der Waals surface area contributed by atoms with Gasteiger partial charge in [-0.3, -0.25) is 9.69 Å². The molecule has 7 nitrogen and oxygen atoms in total. The van der Waals surface area contributed by atoms with Gasteiger partial charge in [0.1, 0.15) is 11.4 Å². The number of carbonyl (C=O) groups excluding carboxylic acids is 2. The minimum Gasteiger partial charge on any atom is -0.496 e. The molecule has 0 radical (unpaired) electrons. The molecule has 1 fully saturated rings. The van der Waals surface area contributed by atoms with Crippen LogP contribution >= 0.6 is 0 Å². The summed E-state index contributed by atoms with van der Waals surface area (Å²) in [6, 6.07) is 7.73. The molecule has 7 heteroatoms. The summed E-state index contributed by atoms with van der Waals surface area (Å²) in [7, 11) is 3.45. The predicted molar refractivity (Wildman–Crippen MR) is 113 cm³/mol. The summed E-state index contributed by atoms with van der Waals surface area (Å²) >= 11 is 0. The lowest BCUT2D eigenvalue weighted by atomic mass is 10.0. The molecule has 1 saturated heterocycles. The average molecular weight is 406 g/mol. The van der Waals surface area contributed by atoms with Crippen molar-refractivity contribution in [3.8, 4) is 5.75 Å². The van der Waals surface area contributed by atoms with Crippen molar-refractivity contribution in [2.75, 3.05) is 33.8 Å². The van der Waals surface area contributed by atoms with Crippen molar-refractivity contribution in [3.63, 3.8) is 0 Å². The van der Waals surface area contributed by atoms with Gasteiger partial charge in [-0.2, -0.15) is 0 Å². The molecule has 0 unspecified atom stereocenters. The number of likely N-dealkylation sites (N-methyl/N-ethyl adjacent to an activating group) is 1. The molecule has 1 aromatic carbocycles. The minimum atomic E-state index is -0.510. The third kappa shape index (κ3) is 7.24. The van der Waals surface area contributed by atoms with Gasteiger partial charge in [0.05, 0.1) is 13.7 Å². The number of para-hydroxylation sites is 1. The summed E-state index contributed by atoms with van der Waals surface area (Å²) in [6.45, 7) is 10.1. The number of carbonyl (C=O) groups is 2. The first-order valence-electron chi connectivity index (χ1n) is 10.2. The first-order chi connectivity index (χ1) is 13.6. The SMILES string of the molecule is COc1ccccc1CN(C)C(=O)CN1CC[C@@H]([C@@H](C)NC(=O)OC(C)(C)C)C1. The average Bonchev–Trinajstić information content (AvgIpc) is 3.09. The van der Waals surface area contributed by atoms with Crippen molar-refractivity contribution < 1.29 is 19.1 Å². The van der Waals surface area contributed by atoms with Gasteiger partial charge in [-0.15, -0.1) is 0 Å². The van der Waals surface area contributed by atoms with Gasteiger partial charge in [0, 0.05) is 31.7 Å². The molecule has 1 aliphatic rings. The van der Waals surface area contributed by atoms with Crippen molar-refractivity contribution in [2.45, 2.75) is 52.3 Å².